The van der Waals surface area contributed by atoms with E-state index in [2.05, 4.69) is 15.9 Å². The molecule has 0 spiro atoms. The van der Waals surface area contributed by atoms with Crippen molar-refractivity contribution in [3.63, 3.8) is 0 Å². The number of carbonyl (C=O) groups is 2. The van der Waals surface area contributed by atoms with Crippen LogP contribution >= 0.6 is 15.9 Å². The minimum absolute atomic E-state index is 0.0974. The van der Waals surface area contributed by atoms with E-state index < -0.39 is 11.9 Å². The number of ether oxygens (including phenoxy) is 4. The Labute approximate surface area is 164 Å². The van der Waals surface area contributed by atoms with Crippen molar-refractivity contribution < 1.29 is 38.7 Å². The maximum absolute atomic E-state index is 10.8. The Morgan fingerprint density at radius 2 is 1.26 bits per heavy atom. The van der Waals surface area contributed by atoms with Crippen LogP contribution in [0.25, 0.3) is 0 Å². The summed E-state index contributed by atoms with van der Waals surface area (Å²) < 4.78 is 20.3. The van der Waals surface area contributed by atoms with E-state index in [0.29, 0.717) is 21.7 Å². The number of carboxylic acids is 2. The highest BCUT2D eigenvalue weighted by molar-refractivity contribution is 9.10. The molecular weight excluding hydrogens is 424 g/mol. The third-order valence-corrected chi connectivity index (χ3v) is 3.96. The van der Waals surface area contributed by atoms with E-state index >= 15 is 0 Å². The van der Waals surface area contributed by atoms with Crippen LogP contribution in [-0.2, 0) is 0 Å². The second-order valence-electron chi connectivity index (χ2n) is 4.86. The number of halogens is 1. The van der Waals surface area contributed by atoms with Crippen LogP contribution in [-0.4, -0.2) is 50.6 Å². The Morgan fingerprint density at radius 3 is 1.70 bits per heavy atom. The van der Waals surface area contributed by atoms with Gasteiger partial charge in [0.15, 0.2) is 0 Å². The zero-order chi connectivity index (χ0) is 20.6. The molecule has 2 aromatic rings. The molecule has 2 aromatic carbocycles. The number of benzene rings is 2. The molecule has 8 nitrogen and oxygen atoms in total. The quantitative estimate of drug-likeness (QED) is 0.697. The van der Waals surface area contributed by atoms with E-state index in [-0.39, 0.29) is 16.9 Å². The third kappa shape index (κ3) is 5.78. The first-order valence-electron chi connectivity index (χ1n) is 7.39. The molecule has 0 aliphatic carbocycles. The molecule has 0 fully saturated rings. The van der Waals surface area contributed by atoms with Crippen LogP contribution in [0.3, 0.4) is 0 Å². The molecule has 0 heterocycles. The van der Waals surface area contributed by atoms with Crippen LogP contribution in [0, 0.1) is 0 Å². The van der Waals surface area contributed by atoms with Crippen LogP contribution in [0.4, 0.5) is 0 Å². The number of carboxylic acid groups (broad SMARTS) is 2. The van der Waals surface area contributed by atoms with Crippen LogP contribution < -0.4 is 18.9 Å². The first-order valence-corrected chi connectivity index (χ1v) is 8.18. The van der Waals surface area contributed by atoms with Crippen LogP contribution in [0.15, 0.2) is 34.8 Å². The Balaban J connectivity index is 0.000000271. The SMILES string of the molecule is COc1cc(OC)c(C(=O)O)cc1Br.COc1ccc(C(=O)O)c(OC)c1. The molecule has 27 heavy (non-hydrogen) atoms. The van der Waals surface area contributed by atoms with Gasteiger partial charge in [0.05, 0.1) is 32.9 Å². The minimum atomic E-state index is -1.04. The van der Waals surface area contributed by atoms with Gasteiger partial charge in [-0.05, 0) is 34.1 Å². The lowest BCUT2D eigenvalue weighted by molar-refractivity contribution is 0.0682. The molecular formula is C18H19BrO8. The van der Waals surface area contributed by atoms with Gasteiger partial charge < -0.3 is 29.2 Å². The topological polar surface area (TPSA) is 112 Å². The van der Waals surface area contributed by atoms with Gasteiger partial charge in [0.2, 0.25) is 0 Å². The van der Waals surface area contributed by atoms with Crippen molar-refractivity contribution in [1.82, 2.24) is 0 Å². The average Bonchev–Trinajstić information content (AvgIpc) is 2.67. The summed E-state index contributed by atoms with van der Waals surface area (Å²) in [5.74, 6) is -0.372. The summed E-state index contributed by atoms with van der Waals surface area (Å²) >= 11 is 3.20. The van der Waals surface area contributed by atoms with Gasteiger partial charge in [-0.25, -0.2) is 9.59 Å². The van der Waals surface area contributed by atoms with Crippen LogP contribution in [0.1, 0.15) is 20.7 Å². The van der Waals surface area contributed by atoms with Crippen molar-refractivity contribution in [2.75, 3.05) is 28.4 Å². The van der Waals surface area contributed by atoms with E-state index in [4.69, 9.17) is 29.2 Å². The second kappa shape index (κ2) is 10.3. The molecule has 2 rings (SSSR count). The lowest BCUT2D eigenvalue weighted by Crippen LogP contribution is -2.01. The maximum Gasteiger partial charge on any atom is 0.339 e. The largest absolute Gasteiger partial charge is 0.497 e. The average molecular weight is 443 g/mol. The highest BCUT2D eigenvalue weighted by Crippen LogP contribution is 2.32. The highest BCUT2D eigenvalue weighted by Gasteiger charge is 2.14. The van der Waals surface area contributed by atoms with Gasteiger partial charge >= 0.3 is 11.9 Å². The van der Waals surface area contributed by atoms with Crippen molar-refractivity contribution in [2.45, 2.75) is 0 Å². The van der Waals surface area contributed by atoms with Gasteiger partial charge in [-0.2, -0.15) is 0 Å². The smallest absolute Gasteiger partial charge is 0.339 e. The summed E-state index contributed by atoms with van der Waals surface area (Å²) in [7, 11) is 5.84. The van der Waals surface area contributed by atoms with E-state index in [1.54, 1.807) is 6.07 Å². The van der Waals surface area contributed by atoms with Gasteiger partial charge in [-0.15, -0.1) is 0 Å². The molecule has 0 radical (unpaired) electrons. The fourth-order valence-electron chi connectivity index (χ4n) is 2.00. The summed E-state index contributed by atoms with van der Waals surface area (Å²) in [6.07, 6.45) is 0. The third-order valence-electron chi connectivity index (χ3n) is 3.34. The summed E-state index contributed by atoms with van der Waals surface area (Å²) in [5.41, 5.74) is 0.225. The molecule has 0 aliphatic heterocycles. The van der Waals surface area contributed by atoms with Crippen molar-refractivity contribution in [3.8, 4) is 23.0 Å². The first-order chi connectivity index (χ1) is 12.8. The second-order valence-corrected chi connectivity index (χ2v) is 5.72. The van der Waals surface area contributed by atoms with E-state index in [0.717, 1.165) is 0 Å². The standard InChI is InChI=1S/C9H9BrO4.C9H10O4/c1-13-7-4-8(14-2)6(10)3-5(7)9(11)12;1-12-6-3-4-7(9(10)11)8(5-6)13-2/h3-4H,1-2H3,(H,11,12);3-5H,1-2H3,(H,10,11). The number of rotatable bonds is 6. The summed E-state index contributed by atoms with van der Waals surface area (Å²) in [4.78, 5) is 21.5. The highest BCUT2D eigenvalue weighted by atomic mass is 79.9. The van der Waals surface area contributed by atoms with Crippen molar-refractivity contribution in [2.24, 2.45) is 0 Å². The summed E-state index contributed by atoms with van der Waals surface area (Å²) in [6.45, 7) is 0. The predicted octanol–water partition coefficient (Wildman–Crippen LogP) is 3.57. The van der Waals surface area contributed by atoms with Crippen LogP contribution in [0.5, 0.6) is 23.0 Å². The van der Waals surface area contributed by atoms with Crippen LogP contribution in [0.2, 0.25) is 0 Å². The van der Waals surface area contributed by atoms with Crippen molar-refractivity contribution in [3.05, 3.63) is 45.9 Å². The Hall–Kier alpha value is -2.94. The number of methoxy groups -OCH3 is 4. The lowest BCUT2D eigenvalue weighted by Gasteiger charge is -2.08. The lowest BCUT2D eigenvalue weighted by atomic mass is 10.2. The number of hydrogen-bond acceptors (Lipinski definition) is 6. The Bertz CT molecular complexity index is 819. The van der Waals surface area contributed by atoms with Crippen molar-refractivity contribution >= 4 is 27.9 Å². The molecule has 0 aliphatic rings. The zero-order valence-electron chi connectivity index (χ0n) is 15.1. The van der Waals surface area contributed by atoms with Crippen molar-refractivity contribution in [1.29, 1.82) is 0 Å². The van der Waals surface area contributed by atoms with Gasteiger partial charge in [0, 0.05) is 12.1 Å². The molecule has 0 unspecified atom stereocenters. The summed E-state index contributed by atoms with van der Waals surface area (Å²) in [6, 6.07) is 7.52. The zero-order valence-corrected chi connectivity index (χ0v) is 16.7. The molecule has 0 amide bonds. The molecule has 0 saturated carbocycles. The van der Waals surface area contributed by atoms with Gasteiger partial charge in [-0.3, -0.25) is 0 Å². The molecule has 146 valence electrons. The number of hydrogen-bond donors (Lipinski definition) is 2. The monoisotopic (exact) mass is 442 g/mol. The van der Waals surface area contributed by atoms with Gasteiger partial charge in [0.1, 0.15) is 34.1 Å². The molecule has 9 heteroatoms. The normalized spacial score (nSPS) is 9.52. The van der Waals surface area contributed by atoms with E-state index in [9.17, 15) is 9.59 Å². The fraction of sp³-hybridized carbons (Fsp3) is 0.222. The molecule has 0 atom stereocenters. The number of aromatic carboxylic acids is 2. The van der Waals surface area contributed by atoms with E-state index in [1.165, 1.54) is 52.7 Å². The maximum atomic E-state index is 10.8. The summed E-state index contributed by atoms with van der Waals surface area (Å²) in [5, 5.41) is 17.6. The predicted molar refractivity (Wildman–Crippen MR) is 101 cm³/mol. The van der Waals surface area contributed by atoms with Gasteiger partial charge in [-0.1, -0.05) is 0 Å². The Kier molecular flexibility index (Phi) is 8.40. The first kappa shape index (κ1) is 22.1. The molecule has 0 bridgehead atoms. The van der Waals surface area contributed by atoms with E-state index in [1.807, 2.05) is 0 Å². The Morgan fingerprint density at radius 1 is 0.741 bits per heavy atom. The fourth-order valence-corrected chi connectivity index (χ4v) is 2.51. The minimum Gasteiger partial charge on any atom is -0.497 e. The molecule has 0 aromatic heterocycles. The molecule has 0 saturated heterocycles. The van der Waals surface area contributed by atoms with Gasteiger partial charge in [0.25, 0.3) is 0 Å². The molecule has 2 N–H and O–H groups in total.